The second kappa shape index (κ2) is 9.78. The first-order chi connectivity index (χ1) is 11.3. The third-order valence-corrected chi connectivity index (χ3v) is 4.69. The molecule has 0 radical (unpaired) electrons. The molecule has 3 N–H and O–H groups in total. The van der Waals surface area contributed by atoms with Crippen LogP contribution in [0.4, 0.5) is 0 Å². The van der Waals surface area contributed by atoms with Crippen LogP contribution < -0.4 is 10.6 Å². The van der Waals surface area contributed by atoms with E-state index in [1.165, 1.54) is 12.8 Å². The molecule has 1 aromatic heterocycles. The van der Waals surface area contributed by atoms with E-state index in [9.17, 15) is 5.11 Å². The number of nitrogens with one attached hydrogen (secondary N) is 2. The number of rotatable bonds is 6. The molecule has 0 spiro atoms. The Balaban J connectivity index is 0.00000312. The molecular weight excluding hydrogens is 431 g/mol. The van der Waals surface area contributed by atoms with Gasteiger partial charge in [0, 0.05) is 24.7 Å². The number of likely N-dealkylation sites (N-methyl/N-ethyl adjacent to an activating group) is 1. The van der Waals surface area contributed by atoms with E-state index in [-0.39, 0.29) is 30.5 Å². The zero-order valence-electron chi connectivity index (χ0n) is 16.1. The summed E-state index contributed by atoms with van der Waals surface area (Å²) in [6.45, 7) is 10.7. The number of hydrogen-bond donors (Lipinski definition) is 3. The molecule has 1 aliphatic rings. The van der Waals surface area contributed by atoms with Gasteiger partial charge in [-0.1, -0.05) is 0 Å². The van der Waals surface area contributed by atoms with E-state index in [1.54, 1.807) is 6.92 Å². The van der Waals surface area contributed by atoms with Crippen molar-refractivity contribution in [1.29, 1.82) is 0 Å². The van der Waals surface area contributed by atoms with Crippen molar-refractivity contribution in [2.45, 2.75) is 52.2 Å². The van der Waals surface area contributed by atoms with Crippen molar-refractivity contribution < 1.29 is 9.52 Å². The van der Waals surface area contributed by atoms with E-state index in [2.05, 4.69) is 27.6 Å². The molecular formula is C18H33IN4O2. The predicted molar refractivity (Wildman–Crippen MR) is 113 cm³/mol. The van der Waals surface area contributed by atoms with Gasteiger partial charge in [0.15, 0.2) is 5.96 Å². The van der Waals surface area contributed by atoms with Crippen molar-refractivity contribution in [2.24, 2.45) is 4.99 Å². The number of aliphatic hydroxyl groups is 1. The van der Waals surface area contributed by atoms with Gasteiger partial charge in [-0.2, -0.15) is 0 Å². The van der Waals surface area contributed by atoms with Gasteiger partial charge >= 0.3 is 0 Å². The molecule has 0 amide bonds. The van der Waals surface area contributed by atoms with E-state index < -0.39 is 5.60 Å². The second-order valence-corrected chi connectivity index (χ2v) is 6.95. The highest BCUT2D eigenvalue weighted by Gasteiger charge is 2.28. The summed E-state index contributed by atoms with van der Waals surface area (Å²) in [5, 5.41) is 17.4. The third-order valence-electron chi connectivity index (χ3n) is 4.69. The van der Waals surface area contributed by atoms with Crippen LogP contribution in [0.15, 0.2) is 15.5 Å². The summed E-state index contributed by atoms with van der Waals surface area (Å²) < 4.78 is 5.54. The van der Waals surface area contributed by atoms with Crippen LogP contribution in [-0.2, 0) is 5.60 Å². The van der Waals surface area contributed by atoms with Crippen LogP contribution in [0.5, 0.6) is 0 Å². The van der Waals surface area contributed by atoms with Crippen molar-refractivity contribution in [2.75, 3.05) is 33.2 Å². The average molecular weight is 464 g/mol. The summed E-state index contributed by atoms with van der Waals surface area (Å²) in [7, 11) is 2.16. The minimum absolute atomic E-state index is 0. The average Bonchev–Trinajstić information content (AvgIpc) is 3.07. The molecule has 7 heteroatoms. The maximum Gasteiger partial charge on any atom is 0.191 e. The number of guanidine groups is 1. The smallest absolute Gasteiger partial charge is 0.191 e. The molecule has 2 heterocycles. The molecule has 0 bridgehead atoms. The van der Waals surface area contributed by atoms with Crippen molar-refractivity contribution >= 4 is 29.9 Å². The van der Waals surface area contributed by atoms with Gasteiger partial charge in [-0.05, 0) is 60.2 Å². The van der Waals surface area contributed by atoms with Gasteiger partial charge in [-0.3, -0.25) is 0 Å². The Kier molecular flexibility index (Phi) is 8.70. The van der Waals surface area contributed by atoms with Crippen molar-refractivity contribution in [3.63, 3.8) is 0 Å². The molecule has 1 saturated heterocycles. The van der Waals surface area contributed by atoms with Gasteiger partial charge in [0.1, 0.15) is 17.1 Å². The first-order valence-electron chi connectivity index (χ1n) is 8.85. The summed E-state index contributed by atoms with van der Waals surface area (Å²) in [4.78, 5) is 6.96. The van der Waals surface area contributed by atoms with Crippen molar-refractivity contribution in [3.8, 4) is 0 Å². The fraction of sp³-hybridized carbons (Fsp3) is 0.722. The Labute approximate surface area is 168 Å². The zero-order valence-corrected chi connectivity index (χ0v) is 18.4. The van der Waals surface area contributed by atoms with Gasteiger partial charge in [0.25, 0.3) is 0 Å². The molecule has 1 aliphatic heterocycles. The lowest BCUT2D eigenvalue weighted by Crippen LogP contribution is -2.44. The minimum Gasteiger partial charge on any atom is -0.466 e. The number of hydrogen-bond acceptors (Lipinski definition) is 4. The number of aryl methyl sites for hydroxylation is 2. The Morgan fingerprint density at radius 3 is 2.68 bits per heavy atom. The van der Waals surface area contributed by atoms with Gasteiger partial charge in [0.2, 0.25) is 0 Å². The molecule has 144 valence electrons. The number of likely N-dealkylation sites (tertiary alicyclic amines) is 1. The summed E-state index contributed by atoms with van der Waals surface area (Å²) in [5.74, 6) is 2.30. The van der Waals surface area contributed by atoms with Crippen LogP contribution in [0, 0.1) is 13.8 Å². The highest BCUT2D eigenvalue weighted by molar-refractivity contribution is 14.0. The standard InChI is InChI=1S/C18H32N4O2.HI/c1-6-19-17(20-11-15-8-7-9-22(15)5)21-12-18(4,23)16-10-13(2)24-14(16)3;/h10,15,23H,6-9,11-12H2,1-5H3,(H2,19,20,21);1H. The predicted octanol–water partition coefficient (Wildman–Crippen LogP) is 2.37. The summed E-state index contributed by atoms with van der Waals surface area (Å²) in [5.41, 5.74) is -0.246. The van der Waals surface area contributed by atoms with E-state index in [4.69, 9.17) is 4.42 Å². The first-order valence-corrected chi connectivity index (χ1v) is 8.85. The summed E-state index contributed by atoms with van der Waals surface area (Å²) >= 11 is 0. The molecule has 1 aromatic rings. The fourth-order valence-corrected chi connectivity index (χ4v) is 3.28. The van der Waals surface area contributed by atoms with Gasteiger partial charge in [0.05, 0.1) is 6.54 Å². The monoisotopic (exact) mass is 464 g/mol. The quantitative estimate of drug-likeness (QED) is 0.343. The van der Waals surface area contributed by atoms with Crippen LogP contribution in [0.25, 0.3) is 0 Å². The van der Waals surface area contributed by atoms with Gasteiger partial charge < -0.3 is 25.1 Å². The van der Waals surface area contributed by atoms with Crippen molar-refractivity contribution in [3.05, 3.63) is 23.2 Å². The lowest BCUT2D eigenvalue weighted by atomic mass is 9.96. The van der Waals surface area contributed by atoms with Crippen molar-refractivity contribution in [1.82, 2.24) is 15.5 Å². The van der Waals surface area contributed by atoms with Crippen LogP contribution in [0.2, 0.25) is 0 Å². The molecule has 2 unspecified atom stereocenters. The van der Waals surface area contributed by atoms with Crippen LogP contribution >= 0.6 is 24.0 Å². The maximum atomic E-state index is 10.8. The van der Waals surface area contributed by atoms with E-state index in [0.29, 0.717) is 6.04 Å². The van der Waals surface area contributed by atoms with Crippen LogP contribution in [0.3, 0.4) is 0 Å². The topological polar surface area (TPSA) is 73.0 Å². The molecule has 6 nitrogen and oxygen atoms in total. The molecule has 2 atom stereocenters. The molecule has 2 rings (SSSR count). The summed E-state index contributed by atoms with van der Waals surface area (Å²) in [6.07, 6.45) is 2.47. The SMILES string of the molecule is CCNC(=NCC(C)(O)c1cc(C)oc1C)NCC1CCCN1C.I. The minimum atomic E-state index is -1.05. The molecule has 0 aromatic carbocycles. The zero-order chi connectivity index (χ0) is 17.7. The lowest BCUT2D eigenvalue weighted by Gasteiger charge is -2.23. The largest absolute Gasteiger partial charge is 0.466 e. The molecule has 0 saturated carbocycles. The van der Waals surface area contributed by atoms with E-state index in [1.807, 2.05) is 26.8 Å². The molecule has 25 heavy (non-hydrogen) atoms. The third kappa shape index (κ3) is 6.14. The van der Waals surface area contributed by atoms with Crippen LogP contribution in [0.1, 0.15) is 43.8 Å². The maximum absolute atomic E-state index is 10.8. The van der Waals surface area contributed by atoms with Gasteiger partial charge in [-0.25, -0.2) is 4.99 Å². The Morgan fingerprint density at radius 1 is 1.44 bits per heavy atom. The lowest BCUT2D eigenvalue weighted by molar-refractivity contribution is 0.0657. The molecule has 1 fully saturated rings. The highest BCUT2D eigenvalue weighted by Crippen LogP contribution is 2.27. The number of furan rings is 1. The number of nitrogens with zero attached hydrogens (tertiary/aromatic N) is 2. The Bertz CT molecular complexity index is 571. The van der Waals surface area contributed by atoms with Gasteiger partial charge in [-0.15, -0.1) is 24.0 Å². The van der Waals surface area contributed by atoms with E-state index >= 15 is 0 Å². The fourth-order valence-electron chi connectivity index (χ4n) is 3.28. The van der Waals surface area contributed by atoms with E-state index in [0.717, 1.165) is 42.7 Å². The summed E-state index contributed by atoms with van der Waals surface area (Å²) in [6, 6.07) is 2.44. The Hall–Kier alpha value is -0.800. The first kappa shape index (κ1) is 22.2. The highest BCUT2D eigenvalue weighted by atomic mass is 127. The molecule has 0 aliphatic carbocycles. The second-order valence-electron chi connectivity index (χ2n) is 6.95. The normalized spacial score (nSPS) is 20.9. The number of aliphatic imine (C=N–C) groups is 1. The number of halogens is 1. The van der Waals surface area contributed by atoms with Crippen LogP contribution in [-0.4, -0.2) is 55.2 Å². The Morgan fingerprint density at radius 2 is 2.16 bits per heavy atom.